The zero-order valence-corrected chi connectivity index (χ0v) is 21.7. The number of carbonyl (C=O) groups excluding carboxylic acids is 2. The van der Waals surface area contributed by atoms with Gasteiger partial charge in [-0.05, 0) is 31.9 Å². The van der Waals surface area contributed by atoms with E-state index in [2.05, 4.69) is 50.2 Å². The van der Waals surface area contributed by atoms with Crippen LogP contribution in [0.15, 0.2) is 70.6 Å². The van der Waals surface area contributed by atoms with Gasteiger partial charge in [-0.1, -0.05) is 65.8 Å². The molecule has 0 bridgehead atoms. The minimum absolute atomic E-state index is 0.0355. The molecule has 0 radical (unpaired) electrons. The van der Waals surface area contributed by atoms with Crippen LogP contribution in [0.3, 0.4) is 0 Å². The van der Waals surface area contributed by atoms with Crippen molar-refractivity contribution in [1.82, 2.24) is 25.9 Å². The quantitative estimate of drug-likeness (QED) is 0.303. The molecule has 0 aliphatic carbocycles. The molecule has 0 fully saturated rings. The highest BCUT2D eigenvalue weighted by Crippen LogP contribution is 2.28. The van der Waals surface area contributed by atoms with Crippen molar-refractivity contribution in [3.05, 3.63) is 93.6 Å². The summed E-state index contributed by atoms with van der Waals surface area (Å²) in [5.74, 6) is -0.166. The summed E-state index contributed by atoms with van der Waals surface area (Å²) in [6.45, 7) is 7.10. The maximum Gasteiger partial charge on any atom is 0.426 e. The largest absolute Gasteiger partial charge is 0.447 e. The number of hydrogen-bond acceptors (Lipinski definition) is 8. The maximum absolute atomic E-state index is 12.7. The number of nitrogens with one attached hydrogen (secondary N) is 2. The summed E-state index contributed by atoms with van der Waals surface area (Å²) in [6.07, 6.45) is -0.772. The Bertz CT molecular complexity index is 1280. The van der Waals surface area contributed by atoms with E-state index in [1.54, 1.807) is 6.92 Å². The summed E-state index contributed by atoms with van der Waals surface area (Å²) in [4.78, 5) is 31.7. The molecule has 0 spiro atoms. The summed E-state index contributed by atoms with van der Waals surface area (Å²) in [5.41, 5.74) is 8.07. The van der Waals surface area contributed by atoms with E-state index in [1.807, 2.05) is 55.6 Å². The highest BCUT2D eigenvalue weighted by atomic mass is 32.1. The van der Waals surface area contributed by atoms with E-state index < -0.39 is 12.0 Å². The fourth-order valence-corrected chi connectivity index (χ4v) is 4.42. The van der Waals surface area contributed by atoms with Gasteiger partial charge in [0.1, 0.15) is 12.4 Å². The van der Waals surface area contributed by atoms with Crippen LogP contribution < -0.4 is 10.9 Å². The zero-order valence-electron chi connectivity index (χ0n) is 20.9. The molecule has 192 valence electrons. The summed E-state index contributed by atoms with van der Waals surface area (Å²) < 4.78 is 10.6. The normalized spacial score (nSPS) is 11.8. The Labute approximate surface area is 219 Å². The second-order valence-corrected chi connectivity index (χ2v) is 9.68. The number of amides is 2. The Morgan fingerprint density at radius 3 is 2.19 bits per heavy atom. The third-order valence-corrected chi connectivity index (χ3v) is 6.54. The van der Waals surface area contributed by atoms with E-state index in [0.717, 1.165) is 16.1 Å². The number of ether oxygens (including phenoxy) is 1. The molecular formula is C27H29N5O4S. The van der Waals surface area contributed by atoms with Crippen molar-refractivity contribution in [3.8, 4) is 11.3 Å². The van der Waals surface area contributed by atoms with Gasteiger partial charge in [-0.3, -0.25) is 15.1 Å². The molecule has 2 N–H and O–H groups in total. The highest BCUT2D eigenvalue weighted by molar-refractivity contribution is 7.09. The molecule has 37 heavy (non-hydrogen) atoms. The smallest absolute Gasteiger partial charge is 0.426 e. The molecule has 0 aliphatic heterocycles. The van der Waals surface area contributed by atoms with Crippen LogP contribution >= 0.6 is 11.3 Å². The van der Waals surface area contributed by atoms with E-state index in [4.69, 9.17) is 9.26 Å². The van der Waals surface area contributed by atoms with Crippen LogP contribution in [0.2, 0.25) is 0 Å². The number of aromatic nitrogens is 2. The topological polar surface area (TPSA) is 110 Å². The monoisotopic (exact) mass is 519 g/mol. The molecule has 2 aromatic carbocycles. The van der Waals surface area contributed by atoms with E-state index >= 15 is 0 Å². The molecule has 9 nitrogen and oxygen atoms in total. The Balaban J connectivity index is 1.33. The van der Waals surface area contributed by atoms with Crippen LogP contribution in [-0.2, 0) is 17.8 Å². The Morgan fingerprint density at radius 2 is 1.62 bits per heavy atom. The van der Waals surface area contributed by atoms with Gasteiger partial charge in [0.15, 0.2) is 5.69 Å². The van der Waals surface area contributed by atoms with Crippen molar-refractivity contribution in [1.29, 1.82) is 0 Å². The molecule has 4 rings (SSSR count). The molecule has 10 heteroatoms. The lowest BCUT2D eigenvalue weighted by Gasteiger charge is -2.29. The predicted molar refractivity (Wildman–Crippen MR) is 141 cm³/mol. The Morgan fingerprint density at radius 1 is 1.00 bits per heavy atom. The lowest BCUT2D eigenvalue weighted by Crippen LogP contribution is -2.44. The average Bonchev–Trinajstić information content (AvgIpc) is 3.51. The predicted octanol–water partition coefficient (Wildman–Crippen LogP) is 4.88. The molecular weight excluding hydrogens is 490 g/mol. The van der Waals surface area contributed by atoms with Gasteiger partial charge in [0.25, 0.3) is 5.91 Å². The molecule has 1 unspecified atom stereocenters. The zero-order chi connectivity index (χ0) is 26.2. The fourth-order valence-electron chi connectivity index (χ4n) is 3.82. The summed E-state index contributed by atoms with van der Waals surface area (Å²) >= 11 is 1.46. The summed E-state index contributed by atoms with van der Waals surface area (Å²) in [5, 5.41) is 6.51. The Hall–Kier alpha value is -4.02. The molecule has 0 saturated carbocycles. The number of benzene rings is 2. The number of thiazole rings is 1. The maximum atomic E-state index is 12.7. The van der Waals surface area contributed by atoms with Gasteiger partial charge < -0.3 is 9.26 Å². The number of carbonyl (C=O) groups is 2. The first-order valence-electron chi connectivity index (χ1n) is 11.8. The number of nitrogens with zero attached hydrogens (tertiary/aromatic N) is 3. The van der Waals surface area contributed by atoms with Gasteiger partial charge >= 0.3 is 6.09 Å². The van der Waals surface area contributed by atoms with Gasteiger partial charge in [-0.15, -0.1) is 11.3 Å². The molecule has 4 aromatic rings. The minimum atomic E-state index is -0.772. The lowest BCUT2D eigenvalue weighted by atomic mass is 10.1. The molecule has 0 aliphatic rings. The van der Waals surface area contributed by atoms with E-state index in [9.17, 15) is 9.59 Å². The van der Waals surface area contributed by atoms with Crippen molar-refractivity contribution in [2.24, 2.45) is 0 Å². The third-order valence-electron chi connectivity index (χ3n) is 5.77. The first kappa shape index (κ1) is 26.1. The van der Waals surface area contributed by atoms with Crippen LogP contribution in [0.1, 0.15) is 39.3 Å². The first-order valence-corrected chi connectivity index (χ1v) is 12.7. The van der Waals surface area contributed by atoms with Crippen molar-refractivity contribution in [2.45, 2.75) is 39.9 Å². The lowest BCUT2D eigenvalue weighted by molar-refractivity contribution is 0.0796. The molecule has 1 atom stereocenters. The number of hydrogen-bond donors (Lipinski definition) is 2. The SMILES string of the molecule is Cc1nc(-c2c(C(=O)NNC(=O)OCC(C)N(Cc3ccccc3)Cc3ccccc3)noc2C)cs1. The van der Waals surface area contributed by atoms with Crippen LogP contribution in [0.4, 0.5) is 4.79 Å². The van der Waals surface area contributed by atoms with Crippen molar-refractivity contribution in [3.63, 3.8) is 0 Å². The average molecular weight is 520 g/mol. The Kier molecular flexibility index (Phi) is 8.65. The van der Waals surface area contributed by atoms with Gasteiger partial charge in [0.05, 0.1) is 16.3 Å². The standard InChI is InChI=1S/C27H29N5O4S/c1-18(32(14-21-10-6-4-7-11-21)15-22-12-8-5-9-13-22)16-35-27(34)30-29-26(33)25-24(19(2)36-31-25)23-17-37-20(3)28-23/h4-13,17-18H,14-16H2,1-3H3,(H,29,33)(H,30,34). The van der Waals surface area contributed by atoms with Crippen LogP contribution in [-0.4, -0.2) is 39.7 Å². The fraction of sp³-hybridized carbons (Fsp3) is 0.259. The minimum Gasteiger partial charge on any atom is -0.447 e. The summed E-state index contributed by atoms with van der Waals surface area (Å²) in [7, 11) is 0. The highest BCUT2D eigenvalue weighted by Gasteiger charge is 2.24. The van der Waals surface area contributed by atoms with Crippen molar-refractivity contribution >= 4 is 23.3 Å². The van der Waals surface area contributed by atoms with Gasteiger partial charge in [-0.2, -0.15) is 0 Å². The summed E-state index contributed by atoms with van der Waals surface area (Å²) in [6, 6.07) is 20.2. The molecule has 0 saturated heterocycles. The third kappa shape index (κ3) is 7.02. The van der Waals surface area contributed by atoms with E-state index in [0.29, 0.717) is 30.1 Å². The van der Waals surface area contributed by atoms with Crippen LogP contribution in [0.25, 0.3) is 11.3 Å². The van der Waals surface area contributed by atoms with Gasteiger partial charge in [-0.25, -0.2) is 15.2 Å². The van der Waals surface area contributed by atoms with E-state index in [1.165, 1.54) is 11.3 Å². The number of aryl methyl sites for hydroxylation is 2. The molecule has 2 aromatic heterocycles. The van der Waals surface area contributed by atoms with Crippen molar-refractivity contribution in [2.75, 3.05) is 6.61 Å². The van der Waals surface area contributed by atoms with Crippen LogP contribution in [0, 0.1) is 13.8 Å². The molecule has 2 heterocycles. The van der Waals surface area contributed by atoms with Gasteiger partial charge in [0.2, 0.25) is 0 Å². The molecule has 2 amide bonds. The second kappa shape index (κ2) is 12.3. The second-order valence-electron chi connectivity index (χ2n) is 8.62. The van der Waals surface area contributed by atoms with E-state index in [-0.39, 0.29) is 18.3 Å². The van der Waals surface area contributed by atoms with Gasteiger partial charge in [0, 0.05) is 24.5 Å². The number of rotatable bonds is 9. The van der Waals surface area contributed by atoms with Crippen molar-refractivity contribution < 1.29 is 18.8 Å². The van der Waals surface area contributed by atoms with Crippen LogP contribution in [0.5, 0.6) is 0 Å². The number of hydrazine groups is 1. The first-order chi connectivity index (χ1) is 17.9.